The lowest BCUT2D eigenvalue weighted by atomic mass is 9.93. The van der Waals surface area contributed by atoms with Crippen LogP contribution in [0.2, 0.25) is 0 Å². The van der Waals surface area contributed by atoms with Crippen molar-refractivity contribution >= 4 is 27.6 Å². The van der Waals surface area contributed by atoms with E-state index in [4.69, 9.17) is 0 Å². The summed E-state index contributed by atoms with van der Waals surface area (Å²) in [5.74, 6) is -0.955. The van der Waals surface area contributed by atoms with Crippen LogP contribution in [0.3, 0.4) is 0 Å². The topological polar surface area (TPSA) is 62.2 Å². The summed E-state index contributed by atoms with van der Waals surface area (Å²) in [4.78, 5) is 15.6. The third kappa shape index (κ3) is 2.93. The predicted molar refractivity (Wildman–Crippen MR) is 77.0 cm³/mol. The summed E-state index contributed by atoms with van der Waals surface area (Å²) in [6, 6.07) is 10.8. The number of benzene rings is 1. The third-order valence-electron chi connectivity index (χ3n) is 2.91. The summed E-state index contributed by atoms with van der Waals surface area (Å²) in [6.45, 7) is 1.62. The highest BCUT2D eigenvalue weighted by Gasteiger charge is 2.35. The standard InChI is InChI=1S/C14H13BrN2O2/c1-14(13(18)19,10-3-2-8-16-9-10)17-12-6-4-11(15)5-7-12/h2-9,17H,1H3,(H,18,19). The Kier molecular flexibility index (Phi) is 3.85. The predicted octanol–water partition coefficient (Wildman–Crippen LogP) is 3.26. The number of nitrogens with one attached hydrogen (secondary N) is 1. The molecule has 0 saturated carbocycles. The Morgan fingerprint density at radius 2 is 2.00 bits per heavy atom. The van der Waals surface area contributed by atoms with Gasteiger partial charge in [0.2, 0.25) is 0 Å². The summed E-state index contributed by atoms with van der Waals surface area (Å²) in [5.41, 5.74) is 0.115. The Labute approximate surface area is 119 Å². The Hall–Kier alpha value is -1.88. The fraction of sp³-hybridized carbons (Fsp3) is 0.143. The molecule has 1 aromatic heterocycles. The zero-order valence-electron chi connectivity index (χ0n) is 10.3. The first-order chi connectivity index (χ1) is 9.02. The SMILES string of the molecule is CC(Nc1ccc(Br)cc1)(C(=O)O)c1cccnc1. The van der Waals surface area contributed by atoms with Crippen LogP contribution in [0.15, 0.2) is 53.3 Å². The number of carboxylic acid groups (broad SMARTS) is 1. The van der Waals surface area contributed by atoms with Crippen LogP contribution in [0.4, 0.5) is 5.69 Å². The van der Waals surface area contributed by atoms with Gasteiger partial charge in [-0.1, -0.05) is 22.0 Å². The van der Waals surface area contributed by atoms with Crippen LogP contribution in [-0.4, -0.2) is 16.1 Å². The van der Waals surface area contributed by atoms with Crippen molar-refractivity contribution in [2.24, 2.45) is 0 Å². The largest absolute Gasteiger partial charge is 0.479 e. The molecule has 0 radical (unpaired) electrons. The van der Waals surface area contributed by atoms with Crippen LogP contribution in [-0.2, 0) is 10.3 Å². The maximum absolute atomic E-state index is 11.6. The Balaban J connectivity index is 2.36. The molecule has 19 heavy (non-hydrogen) atoms. The van der Waals surface area contributed by atoms with Gasteiger partial charge in [0.15, 0.2) is 5.54 Å². The summed E-state index contributed by atoms with van der Waals surface area (Å²) >= 11 is 3.34. The number of aliphatic carboxylic acids is 1. The molecular weight excluding hydrogens is 308 g/mol. The van der Waals surface area contributed by atoms with Crippen molar-refractivity contribution in [1.82, 2.24) is 4.98 Å². The highest BCUT2D eigenvalue weighted by atomic mass is 79.9. The van der Waals surface area contributed by atoms with E-state index in [1.807, 2.05) is 24.3 Å². The molecule has 0 aliphatic rings. The summed E-state index contributed by atoms with van der Waals surface area (Å²) in [7, 11) is 0. The first-order valence-electron chi connectivity index (χ1n) is 5.70. The van der Waals surface area contributed by atoms with Crippen molar-refractivity contribution in [3.8, 4) is 0 Å². The fourth-order valence-electron chi connectivity index (χ4n) is 1.73. The first-order valence-corrected chi connectivity index (χ1v) is 6.49. The van der Waals surface area contributed by atoms with E-state index in [0.717, 1.165) is 10.2 Å². The van der Waals surface area contributed by atoms with E-state index in [2.05, 4.69) is 26.2 Å². The number of hydrogen-bond acceptors (Lipinski definition) is 3. The smallest absolute Gasteiger partial charge is 0.333 e. The van der Waals surface area contributed by atoms with Crippen LogP contribution >= 0.6 is 15.9 Å². The zero-order valence-corrected chi connectivity index (χ0v) is 11.9. The molecule has 0 aliphatic carbocycles. The number of anilines is 1. The Bertz CT molecular complexity index is 572. The second kappa shape index (κ2) is 5.40. The van der Waals surface area contributed by atoms with Gasteiger partial charge in [-0.25, -0.2) is 4.79 Å². The van der Waals surface area contributed by atoms with Gasteiger partial charge in [-0.2, -0.15) is 0 Å². The van der Waals surface area contributed by atoms with Crippen molar-refractivity contribution in [2.75, 3.05) is 5.32 Å². The van der Waals surface area contributed by atoms with Gasteiger partial charge in [-0.3, -0.25) is 4.98 Å². The van der Waals surface area contributed by atoms with Gasteiger partial charge in [0, 0.05) is 28.1 Å². The average Bonchev–Trinajstić information content (AvgIpc) is 2.42. The minimum atomic E-state index is -1.22. The van der Waals surface area contributed by atoms with Gasteiger partial charge in [0.05, 0.1) is 0 Å². The number of carbonyl (C=O) groups is 1. The molecule has 0 saturated heterocycles. The highest BCUT2D eigenvalue weighted by molar-refractivity contribution is 9.10. The van der Waals surface area contributed by atoms with Crippen molar-refractivity contribution < 1.29 is 9.90 Å². The van der Waals surface area contributed by atoms with Crippen LogP contribution in [0.25, 0.3) is 0 Å². The average molecular weight is 321 g/mol. The molecule has 5 heteroatoms. The molecule has 0 bridgehead atoms. The number of nitrogens with zero attached hydrogens (tertiary/aromatic N) is 1. The van der Waals surface area contributed by atoms with E-state index in [1.54, 1.807) is 31.5 Å². The molecule has 0 fully saturated rings. The van der Waals surface area contributed by atoms with Gasteiger partial charge in [-0.05, 0) is 37.3 Å². The molecular formula is C14H13BrN2O2. The number of halogens is 1. The number of hydrogen-bond donors (Lipinski definition) is 2. The van der Waals surface area contributed by atoms with E-state index in [1.165, 1.54) is 0 Å². The molecule has 4 nitrogen and oxygen atoms in total. The van der Waals surface area contributed by atoms with Gasteiger partial charge in [-0.15, -0.1) is 0 Å². The van der Waals surface area contributed by atoms with Gasteiger partial charge in [0.1, 0.15) is 0 Å². The number of carboxylic acids is 1. The number of pyridine rings is 1. The second-order valence-corrected chi connectivity index (χ2v) is 5.22. The second-order valence-electron chi connectivity index (χ2n) is 4.30. The molecule has 0 aliphatic heterocycles. The minimum absolute atomic E-state index is 0.602. The monoisotopic (exact) mass is 320 g/mol. The van der Waals surface area contributed by atoms with Crippen molar-refractivity contribution in [1.29, 1.82) is 0 Å². The van der Waals surface area contributed by atoms with Crippen molar-refractivity contribution in [3.63, 3.8) is 0 Å². The van der Waals surface area contributed by atoms with Gasteiger partial charge < -0.3 is 10.4 Å². The van der Waals surface area contributed by atoms with E-state index >= 15 is 0 Å². The molecule has 1 atom stereocenters. The van der Waals surface area contributed by atoms with Crippen LogP contribution in [0.5, 0.6) is 0 Å². The zero-order chi connectivity index (χ0) is 13.9. The summed E-state index contributed by atoms with van der Waals surface area (Å²) in [6.07, 6.45) is 3.17. The van der Waals surface area contributed by atoms with Crippen LogP contribution in [0, 0.1) is 0 Å². The lowest BCUT2D eigenvalue weighted by molar-refractivity contribution is -0.142. The molecule has 0 spiro atoms. The summed E-state index contributed by atoms with van der Waals surface area (Å²) < 4.78 is 0.941. The van der Waals surface area contributed by atoms with Crippen molar-refractivity contribution in [3.05, 3.63) is 58.8 Å². The van der Waals surface area contributed by atoms with E-state index in [9.17, 15) is 9.90 Å². The molecule has 1 unspecified atom stereocenters. The van der Waals surface area contributed by atoms with E-state index in [0.29, 0.717) is 5.56 Å². The third-order valence-corrected chi connectivity index (χ3v) is 3.43. The highest BCUT2D eigenvalue weighted by Crippen LogP contribution is 2.26. The first kappa shape index (κ1) is 13.5. The van der Waals surface area contributed by atoms with E-state index in [-0.39, 0.29) is 0 Å². The molecule has 2 aromatic rings. The lowest BCUT2D eigenvalue weighted by Gasteiger charge is -2.27. The molecule has 2 N–H and O–H groups in total. The normalized spacial score (nSPS) is 13.6. The molecule has 98 valence electrons. The number of aromatic nitrogens is 1. The van der Waals surface area contributed by atoms with Gasteiger partial charge >= 0.3 is 5.97 Å². The Morgan fingerprint density at radius 3 is 2.53 bits per heavy atom. The van der Waals surface area contributed by atoms with Crippen LogP contribution in [0.1, 0.15) is 12.5 Å². The number of rotatable bonds is 4. The van der Waals surface area contributed by atoms with Crippen molar-refractivity contribution in [2.45, 2.75) is 12.5 Å². The molecule has 1 heterocycles. The minimum Gasteiger partial charge on any atom is -0.479 e. The van der Waals surface area contributed by atoms with Crippen LogP contribution < -0.4 is 5.32 Å². The van der Waals surface area contributed by atoms with E-state index < -0.39 is 11.5 Å². The maximum atomic E-state index is 11.6. The Morgan fingerprint density at radius 1 is 1.32 bits per heavy atom. The molecule has 0 amide bonds. The maximum Gasteiger partial charge on any atom is 0.333 e. The fourth-order valence-corrected chi connectivity index (χ4v) is 1.99. The summed E-state index contributed by atoms with van der Waals surface area (Å²) in [5, 5.41) is 12.5. The quantitative estimate of drug-likeness (QED) is 0.907. The molecule has 1 aromatic carbocycles. The molecule has 2 rings (SSSR count). The van der Waals surface area contributed by atoms with Gasteiger partial charge in [0.25, 0.3) is 0 Å². The lowest BCUT2D eigenvalue weighted by Crippen LogP contribution is -2.40.